The first kappa shape index (κ1) is 16.1. The maximum atomic E-state index is 12.9. The number of nitrogens with one attached hydrogen (secondary N) is 1. The summed E-state index contributed by atoms with van der Waals surface area (Å²) < 4.78 is 12.9. The van der Waals surface area contributed by atoms with Gasteiger partial charge in [0.1, 0.15) is 17.3 Å². The zero-order valence-electron chi connectivity index (χ0n) is 13.8. The van der Waals surface area contributed by atoms with E-state index >= 15 is 0 Å². The summed E-state index contributed by atoms with van der Waals surface area (Å²) in [4.78, 5) is 13.4. The lowest BCUT2D eigenvalue weighted by molar-refractivity contribution is 0.627. The first-order chi connectivity index (χ1) is 11.6. The SMILES string of the molecule is Cc1nc(-c2ccccn2)nc(NCCc2ccc(F)cc2)c1C. The number of nitrogens with zero attached hydrogens (tertiary/aromatic N) is 3. The molecular weight excluding hydrogens is 303 g/mol. The lowest BCUT2D eigenvalue weighted by atomic mass is 10.1. The van der Waals surface area contributed by atoms with Gasteiger partial charge in [0.05, 0.1) is 0 Å². The van der Waals surface area contributed by atoms with Gasteiger partial charge in [-0.25, -0.2) is 14.4 Å². The van der Waals surface area contributed by atoms with Crippen LogP contribution >= 0.6 is 0 Å². The highest BCUT2D eigenvalue weighted by atomic mass is 19.1. The average Bonchev–Trinajstić information content (AvgIpc) is 2.61. The summed E-state index contributed by atoms with van der Waals surface area (Å²) in [7, 11) is 0. The van der Waals surface area contributed by atoms with Crippen molar-refractivity contribution in [3.8, 4) is 11.5 Å². The number of rotatable bonds is 5. The second kappa shape index (κ2) is 7.17. The van der Waals surface area contributed by atoms with Crippen LogP contribution in [0.5, 0.6) is 0 Å². The molecule has 0 aliphatic rings. The molecule has 0 saturated heterocycles. The third-order valence-electron chi connectivity index (χ3n) is 3.90. The van der Waals surface area contributed by atoms with Crippen molar-refractivity contribution in [3.63, 3.8) is 0 Å². The van der Waals surface area contributed by atoms with E-state index in [1.807, 2.05) is 32.0 Å². The van der Waals surface area contributed by atoms with Gasteiger partial charge in [0, 0.05) is 24.0 Å². The highest BCUT2D eigenvalue weighted by Crippen LogP contribution is 2.20. The molecule has 0 unspecified atom stereocenters. The van der Waals surface area contributed by atoms with E-state index in [1.165, 1.54) is 12.1 Å². The van der Waals surface area contributed by atoms with Gasteiger partial charge < -0.3 is 5.32 Å². The highest BCUT2D eigenvalue weighted by Gasteiger charge is 2.10. The molecule has 0 bridgehead atoms. The second-order valence-corrected chi connectivity index (χ2v) is 5.62. The standard InChI is InChI=1S/C19H19FN4/c1-13-14(2)23-19(17-5-3-4-11-21-17)24-18(13)22-12-10-15-6-8-16(20)9-7-15/h3-9,11H,10,12H2,1-2H3,(H,22,23,24). The minimum Gasteiger partial charge on any atom is -0.369 e. The molecule has 2 aromatic heterocycles. The monoisotopic (exact) mass is 322 g/mol. The fraction of sp³-hybridized carbons (Fsp3) is 0.211. The van der Waals surface area contributed by atoms with E-state index in [4.69, 9.17) is 0 Å². The van der Waals surface area contributed by atoms with E-state index in [2.05, 4.69) is 20.3 Å². The van der Waals surface area contributed by atoms with Gasteiger partial charge in [-0.2, -0.15) is 0 Å². The molecule has 4 nitrogen and oxygen atoms in total. The molecule has 0 radical (unpaired) electrons. The minimum atomic E-state index is -0.214. The molecule has 1 N–H and O–H groups in total. The summed E-state index contributed by atoms with van der Waals surface area (Å²) in [6.45, 7) is 4.68. The minimum absolute atomic E-state index is 0.214. The summed E-state index contributed by atoms with van der Waals surface area (Å²) >= 11 is 0. The zero-order valence-corrected chi connectivity index (χ0v) is 13.8. The molecule has 5 heteroatoms. The van der Waals surface area contributed by atoms with Gasteiger partial charge in [-0.3, -0.25) is 4.98 Å². The third kappa shape index (κ3) is 3.74. The lowest BCUT2D eigenvalue weighted by Crippen LogP contribution is -2.10. The Balaban J connectivity index is 1.75. The number of hydrogen-bond donors (Lipinski definition) is 1. The van der Waals surface area contributed by atoms with Crippen molar-refractivity contribution in [2.75, 3.05) is 11.9 Å². The average molecular weight is 322 g/mol. The Labute approximate surface area is 140 Å². The molecule has 0 spiro atoms. The second-order valence-electron chi connectivity index (χ2n) is 5.62. The summed E-state index contributed by atoms with van der Waals surface area (Å²) in [6, 6.07) is 12.2. The summed E-state index contributed by atoms with van der Waals surface area (Å²) in [6.07, 6.45) is 2.53. The summed E-state index contributed by atoms with van der Waals surface area (Å²) in [5.41, 5.74) is 3.78. The molecule has 0 saturated carbocycles. The van der Waals surface area contributed by atoms with Crippen molar-refractivity contribution in [3.05, 3.63) is 71.3 Å². The Morgan fingerprint density at radius 2 is 1.79 bits per heavy atom. The van der Waals surface area contributed by atoms with Crippen LogP contribution in [0.25, 0.3) is 11.5 Å². The van der Waals surface area contributed by atoms with Crippen molar-refractivity contribution in [1.82, 2.24) is 15.0 Å². The number of benzene rings is 1. The summed E-state index contributed by atoms with van der Waals surface area (Å²) in [5.74, 6) is 1.21. The molecule has 3 aromatic rings. The van der Waals surface area contributed by atoms with Crippen LogP contribution in [0.2, 0.25) is 0 Å². The maximum Gasteiger partial charge on any atom is 0.180 e. The number of aryl methyl sites for hydroxylation is 1. The normalized spacial score (nSPS) is 10.6. The van der Waals surface area contributed by atoms with E-state index in [0.717, 1.165) is 34.8 Å². The first-order valence-corrected chi connectivity index (χ1v) is 7.88. The van der Waals surface area contributed by atoms with E-state index in [-0.39, 0.29) is 5.82 Å². The van der Waals surface area contributed by atoms with Crippen LogP contribution in [0.1, 0.15) is 16.8 Å². The van der Waals surface area contributed by atoms with Gasteiger partial charge in [0.2, 0.25) is 0 Å². The van der Waals surface area contributed by atoms with E-state index in [0.29, 0.717) is 12.4 Å². The molecule has 0 fully saturated rings. The Kier molecular flexibility index (Phi) is 4.79. The molecule has 2 heterocycles. The molecule has 3 rings (SSSR count). The molecule has 0 aliphatic carbocycles. The van der Waals surface area contributed by atoms with Gasteiger partial charge in [-0.05, 0) is 50.1 Å². The van der Waals surface area contributed by atoms with Crippen LogP contribution in [0.3, 0.4) is 0 Å². The third-order valence-corrected chi connectivity index (χ3v) is 3.90. The van der Waals surface area contributed by atoms with Crippen LogP contribution in [0.15, 0.2) is 48.7 Å². The van der Waals surface area contributed by atoms with Crippen LogP contribution in [-0.2, 0) is 6.42 Å². The molecule has 0 aliphatic heterocycles. The van der Waals surface area contributed by atoms with Gasteiger partial charge in [-0.15, -0.1) is 0 Å². The van der Waals surface area contributed by atoms with Gasteiger partial charge in [0.25, 0.3) is 0 Å². The maximum absolute atomic E-state index is 12.9. The van der Waals surface area contributed by atoms with Crippen molar-refractivity contribution in [2.24, 2.45) is 0 Å². The number of halogens is 1. The molecule has 1 aromatic carbocycles. The number of aromatic nitrogens is 3. The van der Waals surface area contributed by atoms with Gasteiger partial charge >= 0.3 is 0 Å². The quantitative estimate of drug-likeness (QED) is 0.773. The smallest absolute Gasteiger partial charge is 0.180 e. The van der Waals surface area contributed by atoms with E-state index in [1.54, 1.807) is 18.3 Å². The molecule has 0 atom stereocenters. The molecule has 122 valence electrons. The Bertz CT molecular complexity index is 817. The number of hydrogen-bond acceptors (Lipinski definition) is 4. The van der Waals surface area contributed by atoms with Crippen LogP contribution in [0, 0.1) is 19.7 Å². The Morgan fingerprint density at radius 1 is 1.00 bits per heavy atom. The number of pyridine rings is 1. The van der Waals surface area contributed by atoms with Crippen LogP contribution in [-0.4, -0.2) is 21.5 Å². The van der Waals surface area contributed by atoms with Crippen LogP contribution in [0.4, 0.5) is 10.2 Å². The Hall–Kier alpha value is -2.82. The van der Waals surface area contributed by atoms with E-state index in [9.17, 15) is 4.39 Å². The molecule has 0 amide bonds. The van der Waals surface area contributed by atoms with Gasteiger partial charge in [0.15, 0.2) is 5.82 Å². The van der Waals surface area contributed by atoms with Crippen molar-refractivity contribution in [2.45, 2.75) is 20.3 Å². The lowest BCUT2D eigenvalue weighted by Gasteiger charge is -2.12. The van der Waals surface area contributed by atoms with Crippen LogP contribution < -0.4 is 5.32 Å². The first-order valence-electron chi connectivity index (χ1n) is 7.88. The summed E-state index contributed by atoms with van der Waals surface area (Å²) in [5, 5.41) is 3.35. The molecular formula is C19H19FN4. The Morgan fingerprint density at radius 3 is 2.50 bits per heavy atom. The molecule has 24 heavy (non-hydrogen) atoms. The van der Waals surface area contributed by atoms with E-state index < -0.39 is 0 Å². The topological polar surface area (TPSA) is 50.7 Å². The number of anilines is 1. The predicted octanol–water partition coefficient (Wildman–Crippen LogP) is 3.95. The van der Waals surface area contributed by atoms with Crippen molar-refractivity contribution in [1.29, 1.82) is 0 Å². The predicted molar refractivity (Wildman–Crippen MR) is 93.3 cm³/mol. The zero-order chi connectivity index (χ0) is 16.9. The van der Waals surface area contributed by atoms with Crippen molar-refractivity contribution < 1.29 is 4.39 Å². The fourth-order valence-corrected chi connectivity index (χ4v) is 2.39. The largest absolute Gasteiger partial charge is 0.369 e. The van der Waals surface area contributed by atoms with Crippen molar-refractivity contribution >= 4 is 5.82 Å². The fourth-order valence-electron chi connectivity index (χ4n) is 2.39. The highest BCUT2D eigenvalue weighted by molar-refractivity contribution is 5.56. The van der Waals surface area contributed by atoms with Gasteiger partial charge in [-0.1, -0.05) is 18.2 Å².